The molecular formula is C16H19NO5. The lowest BCUT2D eigenvalue weighted by Crippen LogP contribution is -2.35. The van der Waals surface area contributed by atoms with E-state index in [0.29, 0.717) is 23.4 Å². The van der Waals surface area contributed by atoms with Crippen molar-refractivity contribution in [2.24, 2.45) is 0 Å². The monoisotopic (exact) mass is 305 g/mol. The van der Waals surface area contributed by atoms with Gasteiger partial charge in [-0.05, 0) is 39.0 Å². The van der Waals surface area contributed by atoms with Gasteiger partial charge < -0.3 is 19.2 Å². The molecular weight excluding hydrogens is 286 g/mol. The highest BCUT2D eigenvalue weighted by Gasteiger charge is 2.24. The minimum Gasteiger partial charge on any atom is -0.497 e. The highest BCUT2D eigenvalue weighted by molar-refractivity contribution is 5.97. The summed E-state index contributed by atoms with van der Waals surface area (Å²) < 4.78 is 15.8. The Morgan fingerprint density at radius 1 is 1.36 bits per heavy atom. The molecule has 0 aliphatic carbocycles. The second kappa shape index (κ2) is 6.51. The van der Waals surface area contributed by atoms with Crippen LogP contribution in [0.3, 0.4) is 0 Å². The first kappa shape index (κ1) is 15.9. The molecule has 0 aliphatic rings. The second-order valence-electron chi connectivity index (χ2n) is 4.86. The van der Waals surface area contributed by atoms with E-state index in [-0.39, 0.29) is 11.7 Å². The van der Waals surface area contributed by atoms with Gasteiger partial charge in [0.15, 0.2) is 6.10 Å². The Morgan fingerprint density at radius 2 is 2.09 bits per heavy atom. The van der Waals surface area contributed by atoms with Gasteiger partial charge in [-0.15, -0.1) is 0 Å². The van der Waals surface area contributed by atoms with Crippen molar-refractivity contribution in [2.75, 3.05) is 13.7 Å². The Kier molecular flexibility index (Phi) is 4.70. The fourth-order valence-electron chi connectivity index (χ4n) is 2.11. The Bertz CT molecular complexity index is 704. The van der Waals surface area contributed by atoms with Crippen LogP contribution in [-0.2, 0) is 9.53 Å². The summed E-state index contributed by atoms with van der Waals surface area (Å²) in [5.74, 6) is -0.232. The molecule has 2 rings (SSSR count). The average Bonchev–Trinajstić information content (AvgIpc) is 2.84. The molecule has 1 heterocycles. The second-order valence-corrected chi connectivity index (χ2v) is 4.86. The van der Waals surface area contributed by atoms with Crippen LogP contribution >= 0.6 is 0 Å². The fourth-order valence-corrected chi connectivity index (χ4v) is 2.11. The molecule has 0 saturated heterocycles. The molecule has 0 bridgehead atoms. The van der Waals surface area contributed by atoms with Crippen molar-refractivity contribution in [1.29, 1.82) is 0 Å². The molecule has 0 aliphatic heterocycles. The number of nitrogens with one attached hydrogen (secondary N) is 1. The number of carbonyl (C=O) groups is 2. The Hall–Kier alpha value is -2.50. The quantitative estimate of drug-likeness (QED) is 0.858. The molecule has 1 aromatic heterocycles. The summed E-state index contributed by atoms with van der Waals surface area (Å²) in [4.78, 5) is 23.8. The number of aryl methyl sites for hydroxylation is 1. The lowest BCUT2D eigenvalue weighted by Gasteiger charge is -2.11. The number of hydrogen-bond acceptors (Lipinski definition) is 5. The lowest BCUT2D eigenvalue weighted by atomic mass is 10.1. The number of fused-ring (bicyclic) bond motifs is 1. The maximum atomic E-state index is 12.2. The molecule has 1 amide bonds. The predicted octanol–water partition coefficient (Wildman–Crippen LogP) is 2.43. The Balaban J connectivity index is 2.25. The molecule has 22 heavy (non-hydrogen) atoms. The van der Waals surface area contributed by atoms with Gasteiger partial charge in [0.25, 0.3) is 5.91 Å². The number of benzene rings is 1. The van der Waals surface area contributed by atoms with E-state index in [9.17, 15) is 9.59 Å². The van der Waals surface area contributed by atoms with E-state index >= 15 is 0 Å². The number of likely N-dealkylation sites (N-methyl/N-ethyl adjacent to an activating group) is 1. The summed E-state index contributed by atoms with van der Waals surface area (Å²) in [6.07, 6.45) is -0.880. The number of ether oxygens (including phenoxy) is 2. The normalized spacial score (nSPS) is 12.0. The number of carbonyl (C=O) groups excluding carboxylic acids is 2. The van der Waals surface area contributed by atoms with Crippen LogP contribution in [0.4, 0.5) is 0 Å². The summed E-state index contributed by atoms with van der Waals surface area (Å²) in [5.41, 5.74) is 1.22. The highest BCUT2D eigenvalue weighted by Crippen LogP contribution is 2.29. The van der Waals surface area contributed by atoms with Gasteiger partial charge in [-0.3, -0.25) is 4.79 Å². The standard InChI is InChI=1S/C16H19NO5/c1-5-17-15(18)10(3)21-16(19)14-9(2)12-8-11(20-4)6-7-13(12)22-14/h6-8,10H,5H2,1-4H3,(H,17,18)/t10-/m1/s1. The van der Waals surface area contributed by atoms with E-state index in [0.717, 1.165) is 5.39 Å². The van der Waals surface area contributed by atoms with Gasteiger partial charge >= 0.3 is 5.97 Å². The van der Waals surface area contributed by atoms with E-state index < -0.39 is 12.1 Å². The minimum atomic E-state index is -0.880. The van der Waals surface area contributed by atoms with Gasteiger partial charge in [-0.1, -0.05) is 0 Å². The van der Waals surface area contributed by atoms with Crippen LogP contribution in [0.15, 0.2) is 22.6 Å². The van der Waals surface area contributed by atoms with E-state index in [2.05, 4.69) is 5.32 Å². The van der Waals surface area contributed by atoms with Crippen LogP contribution in [0.25, 0.3) is 11.0 Å². The summed E-state index contributed by atoms with van der Waals surface area (Å²) in [5, 5.41) is 3.37. The zero-order valence-electron chi connectivity index (χ0n) is 13.1. The van der Waals surface area contributed by atoms with Crippen molar-refractivity contribution >= 4 is 22.8 Å². The molecule has 1 N–H and O–H groups in total. The number of furan rings is 1. The molecule has 0 unspecified atom stereocenters. The molecule has 0 fully saturated rings. The zero-order chi connectivity index (χ0) is 16.3. The van der Waals surface area contributed by atoms with E-state index in [1.54, 1.807) is 39.2 Å². The third kappa shape index (κ3) is 3.05. The van der Waals surface area contributed by atoms with E-state index in [4.69, 9.17) is 13.9 Å². The van der Waals surface area contributed by atoms with E-state index in [1.807, 2.05) is 0 Å². The van der Waals surface area contributed by atoms with Gasteiger partial charge in [-0.2, -0.15) is 0 Å². The smallest absolute Gasteiger partial charge is 0.375 e. The third-order valence-corrected chi connectivity index (χ3v) is 3.33. The van der Waals surface area contributed by atoms with Gasteiger partial charge in [0.05, 0.1) is 7.11 Å². The molecule has 1 atom stereocenters. The topological polar surface area (TPSA) is 77.8 Å². The van der Waals surface area contributed by atoms with Crippen molar-refractivity contribution in [3.8, 4) is 5.75 Å². The predicted molar refractivity (Wildman–Crippen MR) is 81.1 cm³/mol. The van der Waals surface area contributed by atoms with Crippen molar-refractivity contribution in [1.82, 2.24) is 5.32 Å². The molecule has 118 valence electrons. The first-order valence-electron chi connectivity index (χ1n) is 7.03. The summed E-state index contributed by atoms with van der Waals surface area (Å²) >= 11 is 0. The van der Waals surface area contributed by atoms with Crippen molar-refractivity contribution in [3.63, 3.8) is 0 Å². The number of esters is 1. The Morgan fingerprint density at radius 3 is 2.73 bits per heavy atom. The van der Waals surface area contributed by atoms with Crippen LogP contribution in [0.5, 0.6) is 5.75 Å². The van der Waals surface area contributed by atoms with Crippen LogP contribution in [0.1, 0.15) is 30.0 Å². The molecule has 0 radical (unpaired) electrons. The minimum absolute atomic E-state index is 0.0967. The number of amides is 1. The van der Waals surface area contributed by atoms with Crippen LogP contribution in [0, 0.1) is 6.92 Å². The molecule has 0 spiro atoms. The van der Waals surface area contributed by atoms with Crippen LogP contribution in [0.2, 0.25) is 0 Å². The maximum absolute atomic E-state index is 12.2. The van der Waals surface area contributed by atoms with Crippen molar-refractivity contribution in [3.05, 3.63) is 29.5 Å². The molecule has 0 saturated carbocycles. The van der Waals surface area contributed by atoms with Gasteiger partial charge in [-0.25, -0.2) is 4.79 Å². The number of rotatable bonds is 5. The molecule has 2 aromatic rings. The van der Waals surface area contributed by atoms with Gasteiger partial charge in [0, 0.05) is 17.5 Å². The highest BCUT2D eigenvalue weighted by atomic mass is 16.6. The molecule has 1 aromatic carbocycles. The summed E-state index contributed by atoms with van der Waals surface area (Å²) in [7, 11) is 1.57. The van der Waals surface area contributed by atoms with Crippen LogP contribution < -0.4 is 10.1 Å². The largest absolute Gasteiger partial charge is 0.497 e. The molecule has 6 heteroatoms. The first-order valence-corrected chi connectivity index (χ1v) is 7.03. The zero-order valence-corrected chi connectivity index (χ0v) is 13.1. The summed E-state index contributed by atoms with van der Waals surface area (Å²) in [6, 6.07) is 5.26. The summed E-state index contributed by atoms with van der Waals surface area (Å²) in [6.45, 7) is 5.55. The van der Waals surface area contributed by atoms with Gasteiger partial charge in [0.2, 0.25) is 5.76 Å². The molecule has 6 nitrogen and oxygen atoms in total. The van der Waals surface area contributed by atoms with E-state index in [1.165, 1.54) is 6.92 Å². The fraction of sp³-hybridized carbons (Fsp3) is 0.375. The third-order valence-electron chi connectivity index (χ3n) is 3.33. The van der Waals surface area contributed by atoms with Crippen molar-refractivity contribution < 1.29 is 23.5 Å². The van der Waals surface area contributed by atoms with Gasteiger partial charge in [0.1, 0.15) is 11.3 Å². The lowest BCUT2D eigenvalue weighted by molar-refractivity contribution is -0.129. The Labute approximate surface area is 128 Å². The SMILES string of the molecule is CCNC(=O)[C@@H](C)OC(=O)c1oc2ccc(OC)cc2c1C. The average molecular weight is 305 g/mol. The van der Waals surface area contributed by atoms with Crippen molar-refractivity contribution in [2.45, 2.75) is 26.9 Å². The maximum Gasteiger partial charge on any atom is 0.375 e. The first-order chi connectivity index (χ1) is 10.5. The van der Waals surface area contributed by atoms with Crippen LogP contribution in [-0.4, -0.2) is 31.6 Å². The number of methoxy groups -OCH3 is 1. The number of hydrogen-bond donors (Lipinski definition) is 1.